The molecule has 0 aromatic heterocycles. The lowest BCUT2D eigenvalue weighted by Gasteiger charge is -2.10. The smallest absolute Gasteiger partial charge is 0.339 e. The van der Waals surface area contributed by atoms with E-state index >= 15 is 0 Å². The Hall–Kier alpha value is -2.47. The normalized spacial score (nSPS) is 10.2. The molecule has 0 saturated carbocycles. The van der Waals surface area contributed by atoms with Gasteiger partial charge in [-0.2, -0.15) is 0 Å². The van der Waals surface area contributed by atoms with Crippen LogP contribution < -0.4 is 9.47 Å². The van der Waals surface area contributed by atoms with Gasteiger partial charge in [0, 0.05) is 10.5 Å². The minimum Gasteiger partial charge on any atom is -0.493 e. The monoisotopic (exact) mass is 360 g/mol. The van der Waals surface area contributed by atoms with Gasteiger partial charge in [0.2, 0.25) is 0 Å². The molecule has 0 saturated heterocycles. The van der Waals surface area contributed by atoms with E-state index < -0.39 is 5.97 Å². The Kier molecular flexibility index (Phi) is 6.89. The van der Waals surface area contributed by atoms with Crippen LogP contribution in [0.1, 0.15) is 27.6 Å². The zero-order valence-electron chi connectivity index (χ0n) is 14.4. The molecule has 6 heteroatoms. The van der Waals surface area contributed by atoms with Crippen molar-refractivity contribution in [3.8, 4) is 11.5 Å². The molecule has 0 spiro atoms. The highest BCUT2D eigenvalue weighted by Crippen LogP contribution is 2.28. The van der Waals surface area contributed by atoms with Crippen molar-refractivity contribution in [3.05, 3.63) is 53.6 Å². The maximum atomic E-state index is 12.3. The van der Waals surface area contributed by atoms with Crippen LogP contribution in [0.15, 0.2) is 47.4 Å². The molecular formula is C19H20O5S. The van der Waals surface area contributed by atoms with Crippen molar-refractivity contribution in [2.45, 2.75) is 11.8 Å². The lowest BCUT2D eigenvalue weighted by atomic mass is 10.1. The lowest BCUT2D eigenvalue weighted by molar-refractivity contribution is 0.0471. The van der Waals surface area contributed by atoms with Crippen molar-refractivity contribution in [1.82, 2.24) is 0 Å². The second kappa shape index (κ2) is 9.13. The molecule has 25 heavy (non-hydrogen) atoms. The molecule has 0 fully saturated rings. The molecule has 0 atom stereocenters. The van der Waals surface area contributed by atoms with E-state index in [1.54, 1.807) is 42.1 Å². The predicted molar refractivity (Wildman–Crippen MR) is 97.0 cm³/mol. The summed E-state index contributed by atoms with van der Waals surface area (Å²) in [4.78, 5) is 25.4. The van der Waals surface area contributed by atoms with Crippen LogP contribution in [0, 0.1) is 0 Å². The summed E-state index contributed by atoms with van der Waals surface area (Å²) >= 11 is 1.55. The molecule has 0 aliphatic rings. The van der Waals surface area contributed by atoms with Crippen LogP contribution in [0.25, 0.3) is 0 Å². The first-order valence-electron chi connectivity index (χ1n) is 7.74. The summed E-state index contributed by atoms with van der Waals surface area (Å²) in [5.74, 6) is 1.00. The Morgan fingerprint density at radius 3 is 2.40 bits per heavy atom. The minimum atomic E-state index is -0.509. The Morgan fingerprint density at radius 2 is 1.72 bits per heavy atom. The highest BCUT2D eigenvalue weighted by Gasteiger charge is 2.16. The van der Waals surface area contributed by atoms with Gasteiger partial charge in [0.25, 0.3) is 0 Å². The lowest BCUT2D eigenvalue weighted by Crippen LogP contribution is -2.15. The van der Waals surface area contributed by atoms with Crippen molar-refractivity contribution < 1.29 is 23.8 Å². The predicted octanol–water partition coefficient (Wildman–Crippen LogP) is 3.86. The largest absolute Gasteiger partial charge is 0.493 e. The van der Waals surface area contributed by atoms with E-state index in [0.717, 1.165) is 10.6 Å². The van der Waals surface area contributed by atoms with E-state index in [4.69, 9.17) is 14.2 Å². The van der Waals surface area contributed by atoms with Crippen molar-refractivity contribution >= 4 is 23.5 Å². The zero-order valence-corrected chi connectivity index (χ0v) is 15.2. The maximum Gasteiger partial charge on any atom is 0.339 e. The van der Waals surface area contributed by atoms with Crippen LogP contribution in [0.4, 0.5) is 0 Å². The molecule has 0 N–H and O–H groups in total. The molecule has 0 amide bonds. The van der Waals surface area contributed by atoms with Gasteiger partial charge in [-0.3, -0.25) is 4.79 Å². The van der Waals surface area contributed by atoms with E-state index in [1.807, 2.05) is 19.1 Å². The fourth-order valence-corrected chi connectivity index (χ4v) is 3.01. The Bertz CT molecular complexity index is 757. The van der Waals surface area contributed by atoms with Crippen molar-refractivity contribution in [2.24, 2.45) is 0 Å². The quantitative estimate of drug-likeness (QED) is 0.405. The second-order valence-electron chi connectivity index (χ2n) is 5.00. The number of benzene rings is 2. The standard InChI is InChI=1S/C19H20O5S/c1-4-25-18-8-6-5-7-14(18)19(21)24-12-15(20)13-9-10-16(22-2)17(11-13)23-3/h5-11H,4,12H2,1-3H3. The average molecular weight is 360 g/mol. The number of rotatable bonds is 8. The van der Waals surface area contributed by atoms with Gasteiger partial charge in [0.15, 0.2) is 23.9 Å². The number of hydrogen-bond donors (Lipinski definition) is 0. The number of ether oxygens (including phenoxy) is 3. The van der Waals surface area contributed by atoms with Crippen LogP contribution >= 0.6 is 11.8 Å². The van der Waals surface area contributed by atoms with Gasteiger partial charge >= 0.3 is 5.97 Å². The number of carbonyl (C=O) groups excluding carboxylic acids is 2. The molecule has 0 aliphatic heterocycles. The SMILES string of the molecule is CCSc1ccccc1C(=O)OCC(=O)c1ccc(OC)c(OC)c1. The molecule has 0 radical (unpaired) electrons. The third-order valence-corrected chi connectivity index (χ3v) is 4.40. The molecule has 2 aromatic rings. The first-order chi connectivity index (χ1) is 12.1. The number of ketones is 1. The fraction of sp³-hybridized carbons (Fsp3) is 0.263. The van der Waals surface area contributed by atoms with Gasteiger partial charge in [-0.15, -0.1) is 11.8 Å². The topological polar surface area (TPSA) is 61.8 Å². The summed E-state index contributed by atoms with van der Waals surface area (Å²) in [6, 6.07) is 12.0. The van der Waals surface area contributed by atoms with E-state index in [1.165, 1.54) is 14.2 Å². The number of carbonyl (C=O) groups is 2. The molecule has 5 nitrogen and oxygen atoms in total. The highest BCUT2D eigenvalue weighted by molar-refractivity contribution is 7.99. The Labute approximate surface area is 151 Å². The minimum absolute atomic E-state index is 0.310. The molecular weight excluding hydrogens is 340 g/mol. The van der Waals surface area contributed by atoms with Crippen LogP contribution in [0.2, 0.25) is 0 Å². The van der Waals surface area contributed by atoms with Crippen LogP contribution in [0.3, 0.4) is 0 Å². The molecule has 0 unspecified atom stereocenters. The van der Waals surface area contributed by atoms with Crippen molar-refractivity contribution in [3.63, 3.8) is 0 Å². The van der Waals surface area contributed by atoms with Gasteiger partial charge in [-0.1, -0.05) is 19.1 Å². The van der Waals surface area contributed by atoms with Gasteiger partial charge in [-0.25, -0.2) is 4.79 Å². The summed E-state index contributed by atoms with van der Waals surface area (Å²) < 4.78 is 15.5. The highest BCUT2D eigenvalue weighted by atomic mass is 32.2. The fourth-order valence-electron chi connectivity index (χ4n) is 2.22. The molecule has 2 aromatic carbocycles. The van der Waals surface area contributed by atoms with Gasteiger partial charge in [0.05, 0.1) is 19.8 Å². The van der Waals surface area contributed by atoms with Crippen LogP contribution in [-0.4, -0.2) is 38.3 Å². The third-order valence-electron chi connectivity index (χ3n) is 3.45. The van der Waals surface area contributed by atoms with E-state index in [9.17, 15) is 9.59 Å². The second-order valence-corrected chi connectivity index (χ2v) is 6.30. The van der Waals surface area contributed by atoms with E-state index in [0.29, 0.717) is 22.6 Å². The van der Waals surface area contributed by atoms with Crippen LogP contribution in [-0.2, 0) is 4.74 Å². The molecule has 0 bridgehead atoms. The summed E-state index contributed by atoms with van der Waals surface area (Å²) in [7, 11) is 3.02. The molecule has 0 heterocycles. The van der Waals surface area contributed by atoms with Crippen LogP contribution in [0.5, 0.6) is 11.5 Å². The number of methoxy groups -OCH3 is 2. The van der Waals surface area contributed by atoms with Gasteiger partial charge in [-0.05, 0) is 36.1 Å². The number of thioether (sulfide) groups is 1. The van der Waals surface area contributed by atoms with E-state index in [-0.39, 0.29) is 12.4 Å². The summed E-state index contributed by atoms with van der Waals surface area (Å²) in [6.45, 7) is 1.67. The Balaban J connectivity index is 2.06. The first-order valence-corrected chi connectivity index (χ1v) is 8.73. The maximum absolute atomic E-state index is 12.3. The van der Waals surface area contributed by atoms with Gasteiger partial charge in [0.1, 0.15) is 0 Å². The summed E-state index contributed by atoms with van der Waals surface area (Å²) in [5, 5.41) is 0. The number of hydrogen-bond acceptors (Lipinski definition) is 6. The first kappa shape index (κ1) is 18.9. The number of Topliss-reactive ketones (excluding diaryl/α,β-unsaturated/α-hetero) is 1. The van der Waals surface area contributed by atoms with Gasteiger partial charge < -0.3 is 14.2 Å². The molecule has 0 aliphatic carbocycles. The molecule has 132 valence electrons. The van der Waals surface area contributed by atoms with Crippen molar-refractivity contribution in [2.75, 3.05) is 26.6 Å². The zero-order chi connectivity index (χ0) is 18.2. The number of esters is 1. The van der Waals surface area contributed by atoms with Crippen molar-refractivity contribution in [1.29, 1.82) is 0 Å². The van der Waals surface area contributed by atoms with E-state index in [2.05, 4.69) is 0 Å². The summed E-state index contributed by atoms with van der Waals surface area (Å²) in [6.07, 6.45) is 0. The Morgan fingerprint density at radius 1 is 1.00 bits per heavy atom. The average Bonchev–Trinajstić information content (AvgIpc) is 2.65. The third kappa shape index (κ3) is 4.76. The summed E-state index contributed by atoms with van der Waals surface area (Å²) in [5.41, 5.74) is 0.858. The molecule has 2 rings (SSSR count).